The van der Waals surface area contributed by atoms with Crippen LogP contribution in [0.3, 0.4) is 0 Å². The number of tetrazole rings is 1. The van der Waals surface area contributed by atoms with Crippen molar-refractivity contribution in [1.82, 2.24) is 29.6 Å². The molecule has 1 fully saturated rings. The monoisotopic (exact) mass is 363 g/mol. The van der Waals surface area contributed by atoms with Gasteiger partial charge in [-0.05, 0) is 40.8 Å². The van der Waals surface area contributed by atoms with Gasteiger partial charge in [-0.2, -0.15) is 4.31 Å². The molecule has 25 heavy (non-hydrogen) atoms. The van der Waals surface area contributed by atoms with Crippen LogP contribution in [0.4, 0.5) is 10.2 Å². The number of hydrogen-bond donors (Lipinski definition) is 0. The molecule has 0 bridgehead atoms. The number of piperazine rings is 1. The fourth-order valence-corrected chi connectivity index (χ4v) is 4.20. The normalized spacial score (nSPS) is 16.4. The molecule has 130 valence electrons. The highest BCUT2D eigenvalue weighted by Gasteiger charge is 2.29. The second-order valence-electron chi connectivity index (χ2n) is 5.57. The molecule has 0 amide bonds. The average Bonchev–Trinajstić information content (AvgIpc) is 3.09. The molecule has 3 aromatic rings. The highest BCUT2D eigenvalue weighted by atomic mass is 32.2. The van der Waals surface area contributed by atoms with E-state index in [4.69, 9.17) is 0 Å². The molecule has 1 aromatic carbocycles. The van der Waals surface area contributed by atoms with Gasteiger partial charge >= 0.3 is 0 Å². The van der Waals surface area contributed by atoms with E-state index in [-0.39, 0.29) is 18.0 Å². The van der Waals surface area contributed by atoms with E-state index < -0.39 is 15.8 Å². The number of halogens is 1. The number of anilines is 1. The van der Waals surface area contributed by atoms with E-state index >= 15 is 0 Å². The van der Waals surface area contributed by atoms with Crippen LogP contribution in [0, 0.1) is 5.82 Å². The van der Waals surface area contributed by atoms with Gasteiger partial charge in [0, 0.05) is 26.2 Å². The van der Waals surface area contributed by atoms with Crippen LogP contribution in [-0.4, -0.2) is 64.2 Å². The lowest BCUT2D eigenvalue weighted by atomic mass is 10.3. The van der Waals surface area contributed by atoms with Crippen molar-refractivity contribution in [3.8, 4) is 0 Å². The summed E-state index contributed by atoms with van der Waals surface area (Å²) in [6.07, 6.45) is 0. The van der Waals surface area contributed by atoms with Crippen molar-refractivity contribution in [3.05, 3.63) is 42.2 Å². The standard InChI is InChI=1S/C14H14FN7O2S/c15-11-2-1-3-12(10-11)25(23,24)21-8-6-20(7-9-21)14-5-4-13-16-18-19-22(13)17-14/h1-5,10H,6-9H2. The second kappa shape index (κ2) is 6.01. The fraction of sp³-hybridized carbons (Fsp3) is 0.286. The smallest absolute Gasteiger partial charge is 0.243 e. The van der Waals surface area contributed by atoms with Crippen LogP contribution in [0.2, 0.25) is 0 Å². The third-order valence-electron chi connectivity index (χ3n) is 4.05. The first-order chi connectivity index (χ1) is 12.0. The van der Waals surface area contributed by atoms with Crippen LogP contribution in [0.1, 0.15) is 0 Å². The Hall–Kier alpha value is -2.66. The maximum Gasteiger partial charge on any atom is 0.243 e. The molecule has 2 aromatic heterocycles. The largest absolute Gasteiger partial charge is 0.352 e. The molecular formula is C14H14FN7O2S. The summed E-state index contributed by atoms with van der Waals surface area (Å²) in [5.74, 6) is 0.0984. The van der Waals surface area contributed by atoms with Crippen molar-refractivity contribution in [2.75, 3.05) is 31.1 Å². The van der Waals surface area contributed by atoms with Gasteiger partial charge in [0.1, 0.15) is 5.82 Å². The zero-order chi connectivity index (χ0) is 17.4. The Labute approximate surface area is 142 Å². The van der Waals surface area contributed by atoms with Crippen LogP contribution in [-0.2, 0) is 10.0 Å². The number of benzene rings is 1. The molecule has 0 unspecified atom stereocenters. The Morgan fingerprint density at radius 2 is 1.84 bits per heavy atom. The zero-order valence-corrected chi connectivity index (χ0v) is 13.8. The summed E-state index contributed by atoms with van der Waals surface area (Å²) in [6.45, 7) is 1.51. The average molecular weight is 363 g/mol. The van der Waals surface area contributed by atoms with E-state index in [0.29, 0.717) is 24.6 Å². The maximum atomic E-state index is 13.3. The van der Waals surface area contributed by atoms with Crippen LogP contribution >= 0.6 is 0 Å². The molecule has 0 aliphatic carbocycles. The van der Waals surface area contributed by atoms with Crippen molar-refractivity contribution in [3.63, 3.8) is 0 Å². The third kappa shape index (κ3) is 2.91. The lowest BCUT2D eigenvalue weighted by molar-refractivity contribution is 0.383. The molecule has 1 aliphatic heterocycles. The predicted molar refractivity (Wildman–Crippen MR) is 85.9 cm³/mol. The summed E-state index contributed by atoms with van der Waals surface area (Å²) in [6, 6.07) is 8.59. The maximum absolute atomic E-state index is 13.3. The van der Waals surface area contributed by atoms with Crippen LogP contribution < -0.4 is 4.90 Å². The topological polar surface area (TPSA) is 96.6 Å². The van der Waals surface area contributed by atoms with Crippen molar-refractivity contribution in [2.24, 2.45) is 0 Å². The second-order valence-corrected chi connectivity index (χ2v) is 7.50. The first-order valence-corrected chi connectivity index (χ1v) is 9.04. The van der Waals surface area contributed by atoms with Gasteiger partial charge in [0.15, 0.2) is 11.5 Å². The highest BCUT2D eigenvalue weighted by Crippen LogP contribution is 2.20. The molecule has 0 radical (unpaired) electrons. The van der Waals surface area contributed by atoms with E-state index in [2.05, 4.69) is 20.6 Å². The van der Waals surface area contributed by atoms with Gasteiger partial charge in [0.2, 0.25) is 10.0 Å². The molecule has 0 N–H and O–H groups in total. The summed E-state index contributed by atoms with van der Waals surface area (Å²) in [5.41, 5.74) is 0.538. The van der Waals surface area contributed by atoms with Crippen LogP contribution in [0.25, 0.3) is 5.65 Å². The van der Waals surface area contributed by atoms with Crippen molar-refractivity contribution in [2.45, 2.75) is 4.90 Å². The van der Waals surface area contributed by atoms with Crippen molar-refractivity contribution < 1.29 is 12.8 Å². The number of fused-ring (bicyclic) bond motifs is 1. The Bertz CT molecular complexity index is 1010. The summed E-state index contributed by atoms with van der Waals surface area (Å²) < 4.78 is 41.2. The molecule has 0 atom stereocenters. The number of sulfonamides is 1. The number of nitrogens with zero attached hydrogens (tertiary/aromatic N) is 7. The summed E-state index contributed by atoms with van der Waals surface area (Å²) in [4.78, 5) is 1.92. The molecule has 3 heterocycles. The predicted octanol–water partition coefficient (Wildman–Crippen LogP) is 0.169. The molecular weight excluding hydrogens is 349 g/mol. The Morgan fingerprint density at radius 3 is 2.60 bits per heavy atom. The Morgan fingerprint density at radius 1 is 1.04 bits per heavy atom. The van der Waals surface area contributed by atoms with E-state index in [1.165, 1.54) is 27.1 Å². The summed E-state index contributed by atoms with van der Waals surface area (Å²) in [5, 5.41) is 15.4. The quantitative estimate of drug-likeness (QED) is 0.654. The summed E-state index contributed by atoms with van der Waals surface area (Å²) in [7, 11) is -3.71. The van der Waals surface area contributed by atoms with Gasteiger partial charge in [-0.25, -0.2) is 12.8 Å². The van der Waals surface area contributed by atoms with Crippen molar-refractivity contribution in [1.29, 1.82) is 0 Å². The van der Waals surface area contributed by atoms with Gasteiger partial charge in [-0.3, -0.25) is 0 Å². The molecule has 9 nitrogen and oxygen atoms in total. The highest BCUT2D eigenvalue weighted by molar-refractivity contribution is 7.89. The lowest BCUT2D eigenvalue weighted by Gasteiger charge is -2.34. The van der Waals surface area contributed by atoms with E-state index in [0.717, 1.165) is 6.07 Å². The fourth-order valence-electron chi connectivity index (χ4n) is 2.74. The van der Waals surface area contributed by atoms with Crippen LogP contribution in [0.5, 0.6) is 0 Å². The first-order valence-electron chi connectivity index (χ1n) is 7.60. The zero-order valence-electron chi connectivity index (χ0n) is 13.0. The molecule has 1 aliphatic rings. The minimum absolute atomic E-state index is 0.0332. The van der Waals surface area contributed by atoms with Gasteiger partial charge in [0.25, 0.3) is 0 Å². The minimum Gasteiger partial charge on any atom is -0.352 e. The first kappa shape index (κ1) is 15.8. The SMILES string of the molecule is O=S(=O)(c1cccc(F)c1)N1CCN(c2ccc3nnnn3n2)CC1. The Kier molecular flexibility index (Phi) is 3.81. The van der Waals surface area contributed by atoms with Gasteiger partial charge < -0.3 is 4.90 Å². The molecule has 0 saturated carbocycles. The van der Waals surface area contributed by atoms with E-state index in [9.17, 15) is 12.8 Å². The molecule has 1 saturated heterocycles. The van der Waals surface area contributed by atoms with Gasteiger partial charge in [-0.15, -0.1) is 14.8 Å². The van der Waals surface area contributed by atoms with Gasteiger partial charge in [-0.1, -0.05) is 6.07 Å². The van der Waals surface area contributed by atoms with Crippen LogP contribution in [0.15, 0.2) is 41.3 Å². The minimum atomic E-state index is -3.71. The van der Waals surface area contributed by atoms with Crippen molar-refractivity contribution >= 4 is 21.5 Å². The number of rotatable bonds is 3. The summed E-state index contributed by atoms with van der Waals surface area (Å²) >= 11 is 0. The molecule has 11 heteroatoms. The number of hydrogen-bond acceptors (Lipinski definition) is 7. The molecule has 0 spiro atoms. The lowest BCUT2D eigenvalue weighted by Crippen LogP contribution is -2.49. The Balaban J connectivity index is 1.51. The van der Waals surface area contributed by atoms with Gasteiger partial charge in [0.05, 0.1) is 4.90 Å². The number of aromatic nitrogens is 5. The van der Waals surface area contributed by atoms with E-state index in [1.807, 2.05) is 4.90 Å². The molecule has 4 rings (SSSR count). The third-order valence-corrected chi connectivity index (χ3v) is 5.95. The van der Waals surface area contributed by atoms with E-state index in [1.54, 1.807) is 12.1 Å².